The molecule has 1 aliphatic rings. The molecule has 0 aliphatic carbocycles. The SMILES string of the molecule is CCC(C)(OC)c1noc(Cc2ccc3c(c2)CCCO3)n1. The van der Waals surface area contributed by atoms with Crippen LogP contribution in [0.25, 0.3) is 0 Å². The van der Waals surface area contributed by atoms with Crippen LogP contribution in [0.4, 0.5) is 0 Å². The molecule has 1 aromatic heterocycles. The van der Waals surface area contributed by atoms with Crippen LogP contribution in [0.15, 0.2) is 22.7 Å². The molecule has 0 saturated carbocycles. The molecular weight excluding hydrogens is 280 g/mol. The van der Waals surface area contributed by atoms with E-state index in [4.69, 9.17) is 14.0 Å². The van der Waals surface area contributed by atoms with Crippen LogP contribution in [-0.2, 0) is 23.2 Å². The van der Waals surface area contributed by atoms with Crippen molar-refractivity contribution in [3.63, 3.8) is 0 Å². The van der Waals surface area contributed by atoms with Crippen LogP contribution in [0.1, 0.15) is 49.5 Å². The molecule has 1 aromatic carbocycles. The number of rotatable bonds is 5. The third-order valence-corrected chi connectivity index (χ3v) is 4.39. The van der Waals surface area contributed by atoms with E-state index < -0.39 is 5.60 Å². The van der Waals surface area contributed by atoms with Gasteiger partial charge in [0.1, 0.15) is 11.4 Å². The smallest absolute Gasteiger partial charge is 0.231 e. The summed E-state index contributed by atoms with van der Waals surface area (Å²) in [6.45, 7) is 4.83. The second-order valence-corrected chi connectivity index (χ2v) is 5.87. The summed E-state index contributed by atoms with van der Waals surface area (Å²) in [4.78, 5) is 4.50. The predicted molar refractivity (Wildman–Crippen MR) is 82.0 cm³/mol. The number of hydrogen-bond acceptors (Lipinski definition) is 5. The van der Waals surface area contributed by atoms with Gasteiger partial charge in [0.15, 0.2) is 0 Å². The summed E-state index contributed by atoms with van der Waals surface area (Å²) in [5.74, 6) is 2.22. The van der Waals surface area contributed by atoms with Gasteiger partial charge in [-0.05, 0) is 43.4 Å². The van der Waals surface area contributed by atoms with Gasteiger partial charge in [0.25, 0.3) is 0 Å². The molecule has 5 nitrogen and oxygen atoms in total. The van der Waals surface area contributed by atoms with Crippen LogP contribution in [0.3, 0.4) is 0 Å². The number of ether oxygens (including phenoxy) is 2. The Morgan fingerprint density at radius 1 is 1.36 bits per heavy atom. The van der Waals surface area contributed by atoms with Crippen molar-refractivity contribution in [2.45, 2.75) is 45.1 Å². The first-order valence-electron chi connectivity index (χ1n) is 7.77. The highest BCUT2D eigenvalue weighted by Crippen LogP contribution is 2.28. The molecule has 0 radical (unpaired) electrons. The van der Waals surface area contributed by atoms with Crippen LogP contribution >= 0.6 is 0 Å². The van der Waals surface area contributed by atoms with Crippen LogP contribution in [-0.4, -0.2) is 23.9 Å². The molecule has 2 aromatic rings. The monoisotopic (exact) mass is 302 g/mol. The van der Waals surface area contributed by atoms with E-state index in [0.29, 0.717) is 18.1 Å². The fourth-order valence-electron chi connectivity index (χ4n) is 2.63. The second-order valence-electron chi connectivity index (χ2n) is 5.87. The lowest BCUT2D eigenvalue weighted by atomic mass is 10.0. The Balaban J connectivity index is 1.78. The molecule has 0 bridgehead atoms. The third-order valence-electron chi connectivity index (χ3n) is 4.39. The Morgan fingerprint density at radius 2 is 2.23 bits per heavy atom. The lowest BCUT2D eigenvalue weighted by Gasteiger charge is -2.21. The first-order valence-corrected chi connectivity index (χ1v) is 7.77. The normalized spacial score (nSPS) is 16.7. The maximum atomic E-state index is 5.64. The van der Waals surface area contributed by atoms with Crippen molar-refractivity contribution in [2.24, 2.45) is 0 Å². The predicted octanol–water partition coefficient (Wildman–Crippen LogP) is 3.26. The van der Waals surface area contributed by atoms with Gasteiger partial charge in [-0.3, -0.25) is 0 Å². The molecule has 22 heavy (non-hydrogen) atoms. The number of aryl methyl sites for hydroxylation is 1. The molecule has 118 valence electrons. The summed E-state index contributed by atoms with van der Waals surface area (Å²) in [5, 5.41) is 4.08. The summed E-state index contributed by atoms with van der Waals surface area (Å²) in [5.41, 5.74) is 1.93. The molecule has 1 atom stereocenters. The van der Waals surface area contributed by atoms with Crippen molar-refractivity contribution in [2.75, 3.05) is 13.7 Å². The highest BCUT2D eigenvalue weighted by atomic mass is 16.5. The van der Waals surface area contributed by atoms with Crippen molar-refractivity contribution in [1.29, 1.82) is 0 Å². The summed E-state index contributed by atoms with van der Waals surface area (Å²) < 4.78 is 16.5. The Labute approximate surface area is 130 Å². The molecule has 0 N–H and O–H groups in total. The maximum absolute atomic E-state index is 5.64. The Morgan fingerprint density at radius 3 is 3.00 bits per heavy atom. The van der Waals surface area contributed by atoms with Crippen LogP contribution in [0, 0.1) is 0 Å². The number of methoxy groups -OCH3 is 1. The number of benzene rings is 1. The van der Waals surface area contributed by atoms with Gasteiger partial charge in [0.2, 0.25) is 11.7 Å². The lowest BCUT2D eigenvalue weighted by Crippen LogP contribution is -2.24. The Kier molecular flexibility index (Phi) is 4.16. The second kappa shape index (κ2) is 6.08. The van der Waals surface area contributed by atoms with Gasteiger partial charge in [-0.2, -0.15) is 4.98 Å². The van der Waals surface area contributed by atoms with E-state index in [-0.39, 0.29) is 0 Å². The van der Waals surface area contributed by atoms with Gasteiger partial charge in [-0.15, -0.1) is 0 Å². The van der Waals surface area contributed by atoms with Crippen molar-refractivity contribution in [3.8, 4) is 5.75 Å². The van der Waals surface area contributed by atoms with Crippen molar-refractivity contribution >= 4 is 0 Å². The van der Waals surface area contributed by atoms with E-state index >= 15 is 0 Å². The zero-order valence-corrected chi connectivity index (χ0v) is 13.4. The zero-order valence-electron chi connectivity index (χ0n) is 13.4. The van der Waals surface area contributed by atoms with Crippen molar-refractivity contribution in [3.05, 3.63) is 41.0 Å². The minimum absolute atomic E-state index is 0.495. The van der Waals surface area contributed by atoms with Crippen LogP contribution in [0.2, 0.25) is 0 Å². The topological polar surface area (TPSA) is 57.4 Å². The number of hydrogen-bond donors (Lipinski definition) is 0. The van der Waals surface area contributed by atoms with Gasteiger partial charge < -0.3 is 14.0 Å². The quantitative estimate of drug-likeness (QED) is 0.848. The molecule has 3 rings (SSSR count). The molecule has 2 heterocycles. The first kappa shape index (κ1) is 15.0. The summed E-state index contributed by atoms with van der Waals surface area (Å²) in [6.07, 6.45) is 3.56. The third kappa shape index (κ3) is 2.86. The van der Waals surface area contributed by atoms with E-state index in [1.807, 2.05) is 19.9 Å². The summed E-state index contributed by atoms with van der Waals surface area (Å²) in [6, 6.07) is 6.27. The standard InChI is InChI=1S/C17H22N2O3/c1-4-17(2,20-3)16-18-15(22-19-16)11-12-7-8-14-13(10-12)6-5-9-21-14/h7-8,10H,4-6,9,11H2,1-3H3. The fraction of sp³-hybridized carbons (Fsp3) is 0.529. The van der Waals surface area contributed by atoms with Gasteiger partial charge >= 0.3 is 0 Å². The molecule has 0 amide bonds. The molecule has 1 aliphatic heterocycles. The minimum Gasteiger partial charge on any atom is -0.493 e. The molecule has 1 unspecified atom stereocenters. The van der Waals surface area contributed by atoms with Crippen molar-refractivity contribution < 1.29 is 14.0 Å². The number of nitrogens with zero attached hydrogens (tertiary/aromatic N) is 2. The number of fused-ring (bicyclic) bond motifs is 1. The largest absolute Gasteiger partial charge is 0.493 e. The molecule has 0 fully saturated rings. The van der Waals surface area contributed by atoms with E-state index in [0.717, 1.165) is 37.2 Å². The van der Waals surface area contributed by atoms with Crippen LogP contribution in [0.5, 0.6) is 5.75 Å². The van der Waals surface area contributed by atoms with Crippen LogP contribution < -0.4 is 4.74 Å². The number of aromatic nitrogens is 2. The molecular formula is C17H22N2O3. The van der Waals surface area contributed by atoms with Gasteiger partial charge in [0, 0.05) is 7.11 Å². The van der Waals surface area contributed by atoms with Gasteiger partial charge in [-0.25, -0.2) is 0 Å². The van der Waals surface area contributed by atoms with Gasteiger partial charge in [0.05, 0.1) is 13.0 Å². The maximum Gasteiger partial charge on any atom is 0.231 e. The van der Waals surface area contributed by atoms with E-state index in [9.17, 15) is 0 Å². The summed E-state index contributed by atoms with van der Waals surface area (Å²) in [7, 11) is 1.67. The van der Waals surface area contributed by atoms with E-state index in [1.54, 1.807) is 7.11 Å². The Bertz CT molecular complexity index is 647. The van der Waals surface area contributed by atoms with Gasteiger partial charge in [-0.1, -0.05) is 24.2 Å². The van der Waals surface area contributed by atoms with Crippen molar-refractivity contribution in [1.82, 2.24) is 10.1 Å². The Hall–Kier alpha value is -1.88. The minimum atomic E-state index is -0.495. The average molecular weight is 302 g/mol. The highest BCUT2D eigenvalue weighted by molar-refractivity contribution is 5.39. The summed E-state index contributed by atoms with van der Waals surface area (Å²) >= 11 is 0. The molecule has 5 heteroatoms. The average Bonchev–Trinajstić information content (AvgIpc) is 3.03. The first-order chi connectivity index (χ1) is 10.6. The lowest BCUT2D eigenvalue weighted by molar-refractivity contribution is -0.0106. The highest BCUT2D eigenvalue weighted by Gasteiger charge is 2.30. The zero-order chi connectivity index (χ0) is 15.6. The van der Waals surface area contributed by atoms with E-state index in [1.165, 1.54) is 5.56 Å². The van der Waals surface area contributed by atoms with E-state index in [2.05, 4.69) is 22.3 Å². The molecule has 0 spiro atoms. The molecule has 0 saturated heterocycles. The fourth-order valence-corrected chi connectivity index (χ4v) is 2.63.